The van der Waals surface area contributed by atoms with Gasteiger partial charge in [-0.3, -0.25) is 9.89 Å². The molecule has 0 aromatic heterocycles. The number of hydrogen-bond donors (Lipinski definition) is 3. The summed E-state index contributed by atoms with van der Waals surface area (Å²) in [5, 5.41) is 6.59. The quantitative estimate of drug-likeness (QED) is 0.431. The van der Waals surface area contributed by atoms with Crippen molar-refractivity contribution >= 4 is 16.0 Å². The summed E-state index contributed by atoms with van der Waals surface area (Å²) in [6, 6.07) is 15.6. The van der Waals surface area contributed by atoms with E-state index < -0.39 is 10.0 Å². The van der Waals surface area contributed by atoms with E-state index in [0.29, 0.717) is 19.0 Å². The van der Waals surface area contributed by atoms with Gasteiger partial charge in [-0.1, -0.05) is 42.8 Å². The molecule has 3 rings (SSSR count). The molecule has 3 N–H and O–H groups in total. The lowest BCUT2D eigenvalue weighted by atomic mass is 10.1. The molecule has 168 valence electrons. The maximum Gasteiger partial charge on any atom is 0.240 e. The van der Waals surface area contributed by atoms with Gasteiger partial charge in [0.25, 0.3) is 0 Å². The molecular formula is C23H33N5O2S. The van der Waals surface area contributed by atoms with Crippen LogP contribution in [0.15, 0.2) is 58.4 Å². The highest BCUT2D eigenvalue weighted by molar-refractivity contribution is 7.89. The largest absolute Gasteiger partial charge is 0.352 e. The summed E-state index contributed by atoms with van der Waals surface area (Å²) in [4.78, 5) is 7.05. The van der Waals surface area contributed by atoms with Crippen LogP contribution < -0.4 is 15.4 Å². The number of guanidine groups is 1. The Morgan fingerprint density at radius 3 is 1.90 bits per heavy atom. The fraction of sp³-hybridized carbons (Fsp3) is 0.435. The molecule has 8 heteroatoms. The standard InChI is InChI=1S/C23H33N5O2S/c1-24-23(27-17-20-10-12-22(13-11-20)31(29,30)25-2)26-16-19-6-8-21(9-7-19)18-28-14-4-3-5-15-28/h6-13,25H,3-5,14-18H2,1-2H3,(H2,24,26,27). The molecule has 0 aliphatic carbocycles. The van der Waals surface area contributed by atoms with Crippen LogP contribution in [0.1, 0.15) is 36.0 Å². The van der Waals surface area contributed by atoms with Crippen LogP contribution in [0.4, 0.5) is 0 Å². The number of aliphatic imine (C=N–C) groups is 1. The minimum absolute atomic E-state index is 0.255. The van der Waals surface area contributed by atoms with Crippen LogP contribution in [0, 0.1) is 0 Å². The van der Waals surface area contributed by atoms with Gasteiger partial charge < -0.3 is 10.6 Å². The van der Waals surface area contributed by atoms with Crippen LogP contribution in [-0.4, -0.2) is 46.5 Å². The van der Waals surface area contributed by atoms with Crippen LogP contribution in [-0.2, 0) is 29.7 Å². The van der Waals surface area contributed by atoms with Gasteiger partial charge in [0.05, 0.1) is 4.90 Å². The van der Waals surface area contributed by atoms with E-state index in [1.54, 1.807) is 31.3 Å². The smallest absolute Gasteiger partial charge is 0.240 e. The van der Waals surface area contributed by atoms with Crippen molar-refractivity contribution in [2.24, 2.45) is 4.99 Å². The highest BCUT2D eigenvalue weighted by Gasteiger charge is 2.11. The van der Waals surface area contributed by atoms with Crippen LogP contribution >= 0.6 is 0 Å². The number of hydrogen-bond acceptors (Lipinski definition) is 4. The van der Waals surface area contributed by atoms with Crippen molar-refractivity contribution in [2.45, 2.75) is 43.8 Å². The number of likely N-dealkylation sites (tertiary alicyclic amines) is 1. The highest BCUT2D eigenvalue weighted by atomic mass is 32.2. The third-order valence-electron chi connectivity index (χ3n) is 5.52. The predicted molar refractivity (Wildman–Crippen MR) is 125 cm³/mol. The van der Waals surface area contributed by atoms with Gasteiger partial charge >= 0.3 is 0 Å². The SMILES string of the molecule is CN=C(NCc1ccc(CN2CCCCC2)cc1)NCc1ccc(S(=O)(=O)NC)cc1. The molecule has 31 heavy (non-hydrogen) atoms. The average molecular weight is 444 g/mol. The van der Waals surface area contributed by atoms with Crippen molar-refractivity contribution in [1.82, 2.24) is 20.3 Å². The zero-order valence-corrected chi connectivity index (χ0v) is 19.2. The number of rotatable bonds is 8. The van der Waals surface area contributed by atoms with Gasteiger partial charge in [0.2, 0.25) is 10.0 Å². The molecule has 1 heterocycles. The molecule has 2 aromatic rings. The first-order chi connectivity index (χ1) is 15.0. The van der Waals surface area contributed by atoms with E-state index in [2.05, 4.69) is 49.5 Å². The van der Waals surface area contributed by atoms with Gasteiger partial charge in [-0.05, 0) is 61.8 Å². The predicted octanol–water partition coefficient (Wildman–Crippen LogP) is 2.45. The third-order valence-corrected chi connectivity index (χ3v) is 6.95. The van der Waals surface area contributed by atoms with Crippen LogP contribution in [0.3, 0.4) is 0 Å². The van der Waals surface area contributed by atoms with Gasteiger partial charge in [-0.25, -0.2) is 13.1 Å². The third kappa shape index (κ3) is 7.05. The van der Waals surface area contributed by atoms with Crippen LogP contribution in [0.2, 0.25) is 0 Å². The molecule has 1 aliphatic rings. The van der Waals surface area contributed by atoms with Crippen LogP contribution in [0.5, 0.6) is 0 Å². The molecule has 1 saturated heterocycles. The van der Waals surface area contributed by atoms with E-state index >= 15 is 0 Å². The molecule has 0 bridgehead atoms. The molecule has 0 unspecified atom stereocenters. The number of piperidine rings is 1. The minimum Gasteiger partial charge on any atom is -0.352 e. The summed E-state index contributed by atoms with van der Waals surface area (Å²) in [6.07, 6.45) is 3.99. The minimum atomic E-state index is -3.41. The number of sulfonamides is 1. The molecule has 0 saturated carbocycles. The normalized spacial score (nSPS) is 15.6. The first-order valence-corrected chi connectivity index (χ1v) is 12.3. The zero-order chi connectivity index (χ0) is 22.1. The fourth-order valence-electron chi connectivity index (χ4n) is 3.63. The monoisotopic (exact) mass is 443 g/mol. The average Bonchev–Trinajstić information content (AvgIpc) is 2.81. The lowest BCUT2D eigenvalue weighted by molar-refractivity contribution is 0.221. The number of nitrogens with zero attached hydrogens (tertiary/aromatic N) is 2. The Hall–Kier alpha value is -2.42. The second-order valence-electron chi connectivity index (χ2n) is 7.78. The topological polar surface area (TPSA) is 85.8 Å². The van der Waals surface area contributed by atoms with Crippen LogP contribution in [0.25, 0.3) is 0 Å². The zero-order valence-electron chi connectivity index (χ0n) is 18.4. The summed E-state index contributed by atoms with van der Waals surface area (Å²) in [5.74, 6) is 0.698. The summed E-state index contributed by atoms with van der Waals surface area (Å²) in [5.41, 5.74) is 3.53. The fourth-order valence-corrected chi connectivity index (χ4v) is 4.36. The molecule has 0 amide bonds. The van der Waals surface area contributed by atoms with Gasteiger partial charge in [0.15, 0.2) is 5.96 Å². The summed E-state index contributed by atoms with van der Waals surface area (Å²) < 4.78 is 25.9. The van der Waals surface area contributed by atoms with E-state index in [0.717, 1.165) is 12.1 Å². The first kappa shape index (κ1) is 23.2. The molecule has 0 atom stereocenters. The molecule has 1 fully saturated rings. The summed E-state index contributed by atoms with van der Waals surface area (Å²) >= 11 is 0. The molecule has 0 spiro atoms. The van der Waals surface area contributed by atoms with Gasteiger partial charge in [0, 0.05) is 26.7 Å². The molecule has 7 nitrogen and oxygen atoms in total. The van der Waals surface area contributed by atoms with Crippen molar-refractivity contribution in [3.63, 3.8) is 0 Å². The summed E-state index contributed by atoms with van der Waals surface area (Å²) in [7, 11) is -0.270. The first-order valence-electron chi connectivity index (χ1n) is 10.8. The Morgan fingerprint density at radius 2 is 1.39 bits per heavy atom. The van der Waals surface area contributed by atoms with Crippen molar-refractivity contribution in [3.8, 4) is 0 Å². The molecule has 1 aliphatic heterocycles. The number of nitrogens with one attached hydrogen (secondary N) is 3. The summed E-state index contributed by atoms with van der Waals surface area (Å²) in [6.45, 7) is 4.68. The Kier molecular flexibility index (Phi) is 8.45. The van der Waals surface area contributed by atoms with Crippen molar-refractivity contribution in [2.75, 3.05) is 27.2 Å². The van der Waals surface area contributed by atoms with Gasteiger partial charge in [-0.2, -0.15) is 0 Å². The van der Waals surface area contributed by atoms with E-state index in [4.69, 9.17) is 0 Å². The maximum atomic E-state index is 11.8. The lowest BCUT2D eigenvalue weighted by Crippen LogP contribution is -2.36. The molecular weight excluding hydrogens is 410 g/mol. The maximum absolute atomic E-state index is 11.8. The van der Waals surface area contributed by atoms with E-state index in [1.165, 1.54) is 50.5 Å². The van der Waals surface area contributed by atoms with E-state index in [-0.39, 0.29) is 4.90 Å². The second-order valence-corrected chi connectivity index (χ2v) is 9.67. The highest BCUT2D eigenvalue weighted by Crippen LogP contribution is 2.14. The number of benzene rings is 2. The Bertz CT molecular complexity index is 950. The van der Waals surface area contributed by atoms with Crippen molar-refractivity contribution in [1.29, 1.82) is 0 Å². The molecule has 2 aromatic carbocycles. The van der Waals surface area contributed by atoms with Crippen molar-refractivity contribution < 1.29 is 8.42 Å². The van der Waals surface area contributed by atoms with Gasteiger partial charge in [0.1, 0.15) is 0 Å². The van der Waals surface area contributed by atoms with Crippen molar-refractivity contribution in [3.05, 3.63) is 65.2 Å². The lowest BCUT2D eigenvalue weighted by Gasteiger charge is -2.26. The van der Waals surface area contributed by atoms with E-state index in [1.807, 2.05) is 0 Å². The Morgan fingerprint density at radius 1 is 0.871 bits per heavy atom. The van der Waals surface area contributed by atoms with E-state index in [9.17, 15) is 8.42 Å². The second kappa shape index (κ2) is 11.3. The van der Waals surface area contributed by atoms with Gasteiger partial charge in [-0.15, -0.1) is 0 Å². The molecule has 0 radical (unpaired) electrons. The Balaban J connectivity index is 1.46. The Labute approximate surface area is 186 Å².